The van der Waals surface area contributed by atoms with Gasteiger partial charge in [0, 0.05) is 19.0 Å². The quantitative estimate of drug-likeness (QED) is 0.865. The number of carbonyl (C=O) groups is 2. The van der Waals surface area contributed by atoms with Crippen LogP contribution in [0.15, 0.2) is 0 Å². The summed E-state index contributed by atoms with van der Waals surface area (Å²) in [6.45, 7) is 6.82. The smallest absolute Gasteiger partial charge is 0.308 e. The van der Waals surface area contributed by atoms with Crippen molar-refractivity contribution in [3.63, 3.8) is 0 Å². The minimum Gasteiger partial charge on any atom is -0.481 e. The second-order valence-corrected chi connectivity index (χ2v) is 6.96. The van der Waals surface area contributed by atoms with Crippen molar-refractivity contribution in [3.05, 3.63) is 0 Å². The Labute approximate surface area is 121 Å². The second-order valence-electron chi connectivity index (χ2n) is 6.96. The summed E-state index contributed by atoms with van der Waals surface area (Å²) in [4.78, 5) is 25.5. The summed E-state index contributed by atoms with van der Waals surface area (Å²) in [7, 11) is 0. The average Bonchev–Trinajstić information content (AvgIpc) is 2.36. The topological polar surface area (TPSA) is 57.6 Å². The maximum absolute atomic E-state index is 12.3. The SMILES string of the molecule is CC1CCC(CN2C(=O)CC(C)C(C(=O)O)C2C)CC1. The van der Waals surface area contributed by atoms with Gasteiger partial charge in [0.1, 0.15) is 0 Å². The van der Waals surface area contributed by atoms with Crippen LogP contribution < -0.4 is 0 Å². The van der Waals surface area contributed by atoms with E-state index in [9.17, 15) is 14.7 Å². The molecule has 2 fully saturated rings. The molecule has 0 aromatic heterocycles. The molecule has 0 aromatic carbocycles. The Kier molecular flexibility index (Phi) is 4.71. The van der Waals surface area contributed by atoms with Crippen LogP contribution in [-0.2, 0) is 9.59 Å². The molecule has 1 saturated carbocycles. The lowest BCUT2D eigenvalue weighted by molar-refractivity contribution is -0.155. The van der Waals surface area contributed by atoms with Crippen LogP contribution >= 0.6 is 0 Å². The molecule has 0 spiro atoms. The first-order valence-corrected chi connectivity index (χ1v) is 7.92. The van der Waals surface area contributed by atoms with Gasteiger partial charge in [-0.25, -0.2) is 0 Å². The highest BCUT2D eigenvalue weighted by atomic mass is 16.4. The van der Waals surface area contributed by atoms with Gasteiger partial charge in [0.25, 0.3) is 0 Å². The van der Waals surface area contributed by atoms with Gasteiger partial charge in [0.05, 0.1) is 5.92 Å². The van der Waals surface area contributed by atoms with E-state index in [4.69, 9.17) is 0 Å². The monoisotopic (exact) mass is 281 g/mol. The van der Waals surface area contributed by atoms with E-state index < -0.39 is 11.9 Å². The van der Waals surface area contributed by atoms with Gasteiger partial charge in [-0.2, -0.15) is 0 Å². The lowest BCUT2D eigenvalue weighted by Crippen LogP contribution is -2.54. The molecule has 4 heteroatoms. The molecule has 4 nitrogen and oxygen atoms in total. The summed E-state index contributed by atoms with van der Waals surface area (Å²) in [5.41, 5.74) is 0. The average molecular weight is 281 g/mol. The van der Waals surface area contributed by atoms with E-state index in [0.29, 0.717) is 12.3 Å². The molecular weight excluding hydrogens is 254 g/mol. The summed E-state index contributed by atoms with van der Waals surface area (Å²) in [5.74, 6) is 0.252. The molecule has 2 rings (SSSR count). The third kappa shape index (κ3) is 3.15. The molecule has 114 valence electrons. The van der Waals surface area contributed by atoms with Crippen molar-refractivity contribution in [1.82, 2.24) is 4.90 Å². The summed E-state index contributed by atoms with van der Waals surface area (Å²) in [6, 6.07) is -0.178. The first kappa shape index (κ1) is 15.3. The van der Waals surface area contributed by atoms with Crippen molar-refractivity contribution in [2.24, 2.45) is 23.7 Å². The Hall–Kier alpha value is -1.06. The highest BCUT2D eigenvalue weighted by Crippen LogP contribution is 2.34. The number of carbonyl (C=O) groups excluding carboxylic acids is 1. The van der Waals surface area contributed by atoms with Gasteiger partial charge in [-0.05, 0) is 37.5 Å². The molecule has 2 aliphatic rings. The Balaban J connectivity index is 2.02. The largest absolute Gasteiger partial charge is 0.481 e. The van der Waals surface area contributed by atoms with Crippen LogP contribution in [0.3, 0.4) is 0 Å². The molecule has 0 radical (unpaired) electrons. The predicted octanol–water partition coefficient (Wildman–Crippen LogP) is 2.77. The molecule has 0 aromatic rings. The highest BCUT2D eigenvalue weighted by Gasteiger charge is 2.42. The predicted molar refractivity (Wildman–Crippen MR) is 77.2 cm³/mol. The molecule has 1 amide bonds. The van der Waals surface area contributed by atoms with Crippen LogP contribution in [-0.4, -0.2) is 34.5 Å². The van der Waals surface area contributed by atoms with Crippen LogP contribution in [0.5, 0.6) is 0 Å². The second kappa shape index (κ2) is 6.15. The van der Waals surface area contributed by atoms with Gasteiger partial charge in [-0.1, -0.05) is 26.7 Å². The van der Waals surface area contributed by atoms with Gasteiger partial charge in [0.2, 0.25) is 5.91 Å². The fraction of sp³-hybridized carbons (Fsp3) is 0.875. The molecule has 20 heavy (non-hydrogen) atoms. The number of aliphatic carboxylic acids is 1. The molecule has 1 heterocycles. The van der Waals surface area contributed by atoms with E-state index in [1.54, 1.807) is 0 Å². The summed E-state index contributed by atoms with van der Waals surface area (Å²) in [5, 5.41) is 9.39. The van der Waals surface area contributed by atoms with Crippen LogP contribution in [0, 0.1) is 23.7 Å². The Morgan fingerprint density at radius 1 is 1.20 bits per heavy atom. The van der Waals surface area contributed by atoms with Crippen molar-refractivity contribution in [2.75, 3.05) is 6.54 Å². The Morgan fingerprint density at radius 2 is 1.80 bits per heavy atom. The first-order valence-electron chi connectivity index (χ1n) is 7.92. The third-order valence-corrected chi connectivity index (χ3v) is 5.32. The normalized spacial score (nSPS) is 38.9. The van der Waals surface area contributed by atoms with Crippen LogP contribution in [0.2, 0.25) is 0 Å². The van der Waals surface area contributed by atoms with Crippen LogP contribution in [0.1, 0.15) is 52.9 Å². The minimum absolute atomic E-state index is 0.0578. The standard InChI is InChI=1S/C16H27NO3/c1-10-4-6-13(7-5-10)9-17-12(3)15(16(19)20)11(2)8-14(17)18/h10-13,15H,4-9H2,1-3H3,(H,19,20). The van der Waals surface area contributed by atoms with E-state index in [1.807, 2.05) is 18.7 Å². The summed E-state index contributed by atoms with van der Waals surface area (Å²) < 4.78 is 0. The third-order valence-electron chi connectivity index (χ3n) is 5.32. The molecule has 3 atom stereocenters. The maximum Gasteiger partial charge on any atom is 0.308 e. The number of likely N-dealkylation sites (tertiary alicyclic amines) is 1. The maximum atomic E-state index is 12.3. The fourth-order valence-corrected chi connectivity index (χ4v) is 3.92. The van der Waals surface area contributed by atoms with Crippen molar-refractivity contribution in [1.29, 1.82) is 0 Å². The number of carboxylic acids is 1. The minimum atomic E-state index is -0.764. The van der Waals surface area contributed by atoms with Gasteiger partial charge >= 0.3 is 5.97 Å². The number of rotatable bonds is 3. The molecule has 1 saturated heterocycles. The molecule has 1 aliphatic carbocycles. The number of hydrogen-bond donors (Lipinski definition) is 1. The van der Waals surface area contributed by atoms with Crippen LogP contribution in [0.25, 0.3) is 0 Å². The van der Waals surface area contributed by atoms with Crippen LogP contribution in [0.4, 0.5) is 0 Å². The van der Waals surface area contributed by atoms with E-state index >= 15 is 0 Å². The molecule has 1 aliphatic heterocycles. The van der Waals surface area contributed by atoms with Gasteiger partial charge in [-0.15, -0.1) is 0 Å². The lowest BCUT2D eigenvalue weighted by atomic mass is 9.78. The molecule has 3 unspecified atom stereocenters. The van der Waals surface area contributed by atoms with Gasteiger partial charge in [0.15, 0.2) is 0 Å². The zero-order valence-corrected chi connectivity index (χ0v) is 12.8. The molecule has 1 N–H and O–H groups in total. The van der Waals surface area contributed by atoms with E-state index in [0.717, 1.165) is 12.5 Å². The van der Waals surface area contributed by atoms with Gasteiger partial charge in [-0.3, -0.25) is 9.59 Å². The number of nitrogens with zero attached hydrogens (tertiary/aromatic N) is 1. The molecular formula is C16H27NO3. The number of piperidine rings is 1. The van der Waals surface area contributed by atoms with Crippen molar-refractivity contribution in [2.45, 2.75) is 58.9 Å². The highest BCUT2D eigenvalue weighted by molar-refractivity contribution is 5.81. The number of hydrogen-bond acceptors (Lipinski definition) is 2. The lowest BCUT2D eigenvalue weighted by Gasteiger charge is -2.43. The first-order chi connectivity index (χ1) is 9.40. The van der Waals surface area contributed by atoms with Gasteiger partial charge < -0.3 is 10.0 Å². The Bertz CT molecular complexity index is 374. The van der Waals surface area contributed by atoms with Crippen molar-refractivity contribution in [3.8, 4) is 0 Å². The fourth-order valence-electron chi connectivity index (χ4n) is 3.92. The van der Waals surface area contributed by atoms with Crippen molar-refractivity contribution < 1.29 is 14.7 Å². The Morgan fingerprint density at radius 3 is 2.35 bits per heavy atom. The zero-order valence-electron chi connectivity index (χ0n) is 12.8. The number of amides is 1. The molecule has 0 bridgehead atoms. The zero-order chi connectivity index (χ0) is 14.9. The summed E-state index contributed by atoms with van der Waals surface area (Å²) >= 11 is 0. The number of carboxylic acid groups (broad SMARTS) is 1. The summed E-state index contributed by atoms with van der Waals surface area (Å²) in [6.07, 6.45) is 5.19. The van der Waals surface area contributed by atoms with E-state index in [2.05, 4.69) is 6.92 Å². The van der Waals surface area contributed by atoms with E-state index in [1.165, 1.54) is 25.7 Å². The van der Waals surface area contributed by atoms with E-state index in [-0.39, 0.29) is 17.9 Å². The van der Waals surface area contributed by atoms with Crippen molar-refractivity contribution >= 4 is 11.9 Å².